The lowest BCUT2D eigenvalue weighted by Crippen LogP contribution is -2.54. The van der Waals surface area contributed by atoms with E-state index in [9.17, 15) is 4.79 Å². The maximum Gasteiger partial charge on any atom is 0.533 e. The normalized spacial score (nSPS) is 17.4. The number of carboxylic acid groups (broad SMARTS) is 1. The van der Waals surface area contributed by atoms with Crippen LogP contribution in [-0.4, -0.2) is 29.4 Å². The van der Waals surface area contributed by atoms with Crippen LogP contribution in [0.25, 0.3) is 0 Å². The first-order valence-corrected chi connectivity index (χ1v) is 2.38. The Morgan fingerprint density at radius 2 is 2.25 bits per heavy atom. The Balaban J connectivity index is 3.91. The molecule has 48 valence electrons. The number of nitrogens with zero attached hydrogens (tertiary/aromatic N) is 1. The van der Waals surface area contributed by atoms with Crippen LogP contribution in [0.15, 0.2) is 0 Å². The van der Waals surface area contributed by atoms with Gasteiger partial charge in [0.2, 0.25) is 0 Å². The monoisotopic (exact) mass is 119 g/mol. The topological polar surface area (TPSA) is 63.3 Å². The van der Waals surface area contributed by atoms with Gasteiger partial charge in [0, 0.05) is 0 Å². The van der Waals surface area contributed by atoms with E-state index in [1.807, 2.05) is 0 Å². The summed E-state index contributed by atoms with van der Waals surface area (Å²) in [5.74, 6) is 5.20. The molecule has 1 amide bonds. The van der Waals surface area contributed by atoms with Gasteiger partial charge < -0.3 is 5.11 Å². The second-order valence-corrected chi connectivity index (χ2v) is 1.87. The van der Waals surface area contributed by atoms with Crippen molar-refractivity contribution in [2.24, 2.45) is 5.84 Å². The van der Waals surface area contributed by atoms with E-state index in [0.29, 0.717) is 6.54 Å². The Hall–Kier alpha value is -0.610. The molecule has 0 aliphatic rings. The van der Waals surface area contributed by atoms with Crippen molar-refractivity contribution < 1.29 is 14.5 Å². The van der Waals surface area contributed by atoms with Gasteiger partial charge in [0.25, 0.3) is 0 Å². The zero-order chi connectivity index (χ0) is 6.78. The van der Waals surface area contributed by atoms with E-state index in [2.05, 4.69) is 0 Å². The predicted octanol–water partition coefficient (Wildman–Crippen LogP) is 0.00460. The molecule has 0 bridgehead atoms. The molecule has 0 aliphatic heterocycles. The molecular formula is C4H11N2O2+. The van der Waals surface area contributed by atoms with Gasteiger partial charge in [-0.25, -0.2) is 0 Å². The first-order chi connectivity index (χ1) is 3.50. The van der Waals surface area contributed by atoms with Crippen LogP contribution >= 0.6 is 0 Å². The number of carbonyl (C=O) groups is 1. The van der Waals surface area contributed by atoms with Crippen molar-refractivity contribution in [1.82, 2.24) is 0 Å². The molecule has 0 aromatic rings. The summed E-state index contributed by atoms with van der Waals surface area (Å²) < 4.78 is -0.458. The van der Waals surface area contributed by atoms with Gasteiger partial charge in [0.05, 0.1) is 7.05 Å². The molecule has 0 aromatic carbocycles. The van der Waals surface area contributed by atoms with Crippen molar-refractivity contribution in [3.8, 4) is 0 Å². The number of hydrogen-bond donors (Lipinski definition) is 2. The quantitative estimate of drug-likeness (QED) is 0.221. The van der Waals surface area contributed by atoms with E-state index in [-0.39, 0.29) is 0 Å². The zero-order valence-corrected chi connectivity index (χ0v) is 5.09. The molecule has 4 heteroatoms. The number of nitrogens with two attached hydrogens (primary N) is 1. The van der Waals surface area contributed by atoms with Crippen LogP contribution in [0, 0.1) is 0 Å². The molecule has 0 fully saturated rings. The van der Waals surface area contributed by atoms with Crippen molar-refractivity contribution in [2.75, 3.05) is 13.6 Å². The highest BCUT2D eigenvalue weighted by Gasteiger charge is 2.23. The minimum Gasteiger partial charge on any atom is -0.434 e. The second kappa shape index (κ2) is 2.11. The predicted molar refractivity (Wildman–Crippen MR) is 28.9 cm³/mol. The molecule has 1 unspecified atom stereocenters. The van der Waals surface area contributed by atoms with Gasteiger partial charge in [0.15, 0.2) is 0 Å². The summed E-state index contributed by atoms with van der Waals surface area (Å²) in [4.78, 5) is 10.1. The van der Waals surface area contributed by atoms with Crippen LogP contribution in [0.3, 0.4) is 0 Å². The lowest BCUT2D eigenvalue weighted by molar-refractivity contribution is -0.847. The minimum atomic E-state index is -1.01. The molecule has 0 spiro atoms. The van der Waals surface area contributed by atoms with Crippen LogP contribution < -0.4 is 5.84 Å². The Labute approximate surface area is 48.1 Å². The second-order valence-electron chi connectivity index (χ2n) is 1.87. The molecule has 0 heterocycles. The lowest BCUT2D eigenvalue weighted by atomic mass is 10.6. The van der Waals surface area contributed by atoms with Crippen molar-refractivity contribution >= 4 is 6.09 Å². The molecule has 0 radical (unpaired) electrons. The van der Waals surface area contributed by atoms with Crippen molar-refractivity contribution in [3.05, 3.63) is 0 Å². The molecule has 0 aromatic heterocycles. The number of amides is 1. The fourth-order valence-corrected chi connectivity index (χ4v) is 0.135. The standard InChI is InChI=1S/C4H10N2O2/c1-3-6(2,5)4(7)8/h3,5H2,1-2H3/p+1. The average Bonchev–Trinajstić information content (AvgIpc) is 1.67. The van der Waals surface area contributed by atoms with Crippen LogP contribution in [-0.2, 0) is 0 Å². The molecular weight excluding hydrogens is 108 g/mol. The lowest BCUT2D eigenvalue weighted by Gasteiger charge is -2.17. The number of rotatable bonds is 1. The average molecular weight is 119 g/mol. The van der Waals surface area contributed by atoms with Gasteiger partial charge in [-0.2, -0.15) is 15.2 Å². The highest BCUT2D eigenvalue weighted by Crippen LogP contribution is 1.89. The zero-order valence-electron chi connectivity index (χ0n) is 5.09. The summed E-state index contributed by atoms with van der Waals surface area (Å²) in [6.45, 7) is 2.11. The van der Waals surface area contributed by atoms with E-state index < -0.39 is 10.7 Å². The number of quaternary nitrogens is 1. The Kier molecular flexibility index (Phi) is 1.94. The highest BCUT2D eigenvalue weighted by molar-refractivity contribution is 5.55. The third-order valence-electron chi connectivity index (χ3n) is 1.09. The summed E-state index contributed by atoms with van der Waals surface area (Å²) in [6.07, 6.45) is -1.01. The molecule has 0 rings (SSSR count). The SMILES string of the molecule is CC[N+](C)(N)C(=O)O. The molecule has 0 saturated heterocycles. The Morgan fingerprint density at radius 3 is 2.25 bits per heavy atom. The van der Waals surface area contributed by atoms with Gasteiger partial charge in [-0.05, 0) is 6.92 Å². The summed E-state index contributed by atoms with van der Waals surface area (Å²) in [7, 11) is 1.43. The summed E-state index contributed by atoms with van der Waals surface area (Å²) in [6, 6.07) is 0. The van der Waals surface area contributed by atoms with Crippen molar-refractivity contribution in [2.45, 2.75) is 6.92 Å². The van der Waals surface area contributed by atoms with Gasteiger partial charge >= 0.3 is 6.09 Å². The van der Waals surface area contributed by atoms with Gasteiger partial charge in [-0.1, -0.05) is 0 Å². The van der Waals surface area contributed by atoms with Crippen LogP contribution in [0.1, 0.15) is 6.92 Å². The molecule has 4 nitrogen and oxygen atoms in total. The van der Waals surface area contributed by atoms with Crippen LogP contribution in [0.5, 0.6) is 0 Å². The summed E-state index contributed by atoms with van der Waals surface area (Å²) >= 11 is 0. The maximum atomic E-state index is 10.1. The van der Waals surface area contributed by atoms with E-state index >= 15 is 0 Å². The Morgan fingerprint density at radius 1 is 1.88 bits per heavy atom. The summed E-state index contributed by atoms with van der Waals surface area (Å²) in [5.41, 5.74) is 0. The van der Waals surface area contributed by atoms with Gasteiger partial charge in [0.1, 0.15) is 6.54 Å². The van der Waals surface area contributed by atoms with Gasteiger partial charge in [-0.3, -0.25) is 0 Å². The fraction of sp³-hybridized carbons (Fsp3) is 0.750. The van der Waals surface area contributed by atoms with Crippen LogP contribution in [0.4, 0.5) is 4.79 Å². The van der Waals surface area contributed by atoms with Crippen molar-refractivity contribution in [3.63, 3.8) is 0 Å². The maximum absolute atomic E-state index is 10.1. The van der Waals surface area contributed by atoms with E-state index in [1.54, 1.807) is 6.92 Å². The molecule has 0 saturated carbocycles. The van der Waals surface area contributed by atoms with E-state index in [1.165, 1.54) is 7.05 Å². The van der Waals surface area contributed by atoms with Crippen molar-refractivity contribution in [1.29, 1.82) is 0 Å². The fourth-order valence-electron chi connectivity index (χ4n) is 0.135. The minimum absolute atomic E-state index is 0.398. The third kappa shape index (κ3) is 1.48. The molecule has 8 heavy (non-hydrogen) atoms. The highest BCUT2D eigenvalue weighted by atomic mass is 16.4. The largest absolute Gasteiger partial charge is 0.533 e. The third-order valence-corrected chi connectivity index (χ3v) is 1.09. The van der Waals surface area contributed by atoms with Crippen LogP contribution in [0.2, 0.25) is 0 Å². The molecule has 1 atom stereocenters. The van der Waals surface area contributed by atoms with E-state index in [0.717, 1.165) is 0 Å². The van der Waals surface area contributed by atoms with Gasteiger partial charge in [-0.15, -0.1) is 0 Å². The summed E-state index contributed by atoms with van der Waals surface area (Å²) in [5, 5.41) is 8.29. The molecule has 0 aliphatic carbocycles. The first-order valence-electron chi connectivity index (χ1n) is 2.38. The van der Waals surface area contributed by atoms with E-state index in [4.69, 9.17) is 10.9 Å². The Bertz CT molecular complexity index is 100. The number of hydrogen-bond acceptors (Lipinski definition) is 2. The molecule has 3 N–H and O–H groups in total. The smallest absolute Gasteiger partial charge is 0.434 e. The first kappa shape index (κ1) is 7.39.